The minimum absolute atomic E-state index is 0.518. The number of rotatable bonds is 5. The van der Waals surface area contributed by atoms with Gasteiger partial charge in [0.25, 0.3) is 0 Å². The Balaban J connectivity index is 2.12. The van der Waals surface area contributed by atoms with Crippen molar-refractivity contribution in [2.75, 3.05) is 20.3 Å². The van der Waals surface area contributed by atoms with Crippen molar-refractivity contribution < 1.29 is 50.0 Å². The van der Waals surface area contributed by atoms with E-state index in [0.29, 0.717) is 0 Å². The molecule has 2 aliphatic rings. The summed E-state index contributed by atoms with van der Waals surface area (Å²) in [5.41, 5.74) is -1.11. The first-order chi connectivity index (χ1) is 11.3. The van der Waals surface area contributed by atoms with Gasteiger partial charge in [-0.15, -0.1) is 11.8 Å². The molecule has 10 nitrogen and oxygen atoms in total. The number of hydrogen-bond acceptors (Lipinski definition) is 11. The average molecular weight is 372 g/mol. The summed E-state index contributed by atoms with van der Waals surface area (Å²) < 4.78 is 15.8. The minimum atomic E-state index is -1.55. The van der Waals surface area contributed by atoms with Crippen LogP contribution in [0.25, 0.3) is 0 Å². The maximum Gasteiger partial charge on any atom is 0.172 e. The molecule has 2 aliphatic heterocycles. The monoisotopic (exact) mass is 372 g/mol. The molecule has 10 unspecified atom stereocenters. The largest absolute Gasteiger partial charge is 0.394 e. The van der Waals surface area contributed by atoms with Crippen molar-refractivity contribution in [3.63, 3.8) is 0 Å². The van der Waals surface area contributed by atoms with Crippen LogP contribution in [-0.4, -0.2) is 116 Å². The summed E-state index contributed by atoms with van der Waals surface area (Å²) in [4.78, 5) is 0. The van der Waals surface area contributed by atoms with Crippen molar-refractivity contribution in [2.45, 2.75) is 59.7 Å². The van der Waals surface area contributed by atoms with E-state index in [-0.39, 0.29) is 0 Å². The summed E-state index contributed by atoms with van der Waals surface area (Å²) in [7, 11) is 1.31. The fraction of sp³-hybridized carbons (Fsp3) is 1.00. The van der Waals surface area contributed by atoms with Gasteiger partial charge in [-0.2, -0.15) is 0 Å². The predicted octanol–water partition coefficient (Wildman–Crippen LogP) is -4.03. The van der Waals surface area contributed by atoms with Crippen LogP contribution in [-0.2, 0) is 14.2 Å². The van der Waals surface area contributed by atoms with Gasteiger partial charge in [-0.3, -0.25) is 0 Å². The topological polar surface area (TPSA) is 169 Å². The summed E-state index contributed by atoms with van der Waals surface area (Å²) in [5, 5.41) is 67.3. The van der Waals surface area contributed by atoms with Crippen molar-refractivity contribution in [3.8, 4) is 0 Å². The normalized spacial score (nSPS) is 50.0. The quantitative estimate of drug-likeness (QED) is 0.251. The second-order valence-electron chi connectivity index (χ2n) is 5.74. The number of ether oxygens (including phenoxy) is 3. The van der Waals surface area contributed by atoms with Crippen LogP contribution in [0.4, 0.5) is 0 Å². The van der Waals surface area contributed by atoms with Crippen LogP contribution >= 0.6 is 11.8 Å². The summed E-state index contributed by atoms with van der Waals surface area (Å²) in [5.74, 6) is 0. The molecule has 0 aromatic rings. The first-order valence-electron chi connectivity index (χ1n) is 7.46. The summed E-state index contributed by atoms with van der Waals surface area (Å²) >= 11 is 0.835. The molecule has 0 radical (unpaired) electrons. The number of hydrogen-bond donors (Lipinski definition) is 7. The van der Waals surface area contributed by atoms with Gasteiger partial charge in [0.05, 0.1) is 24.6 Å². The maximum atomic E-state index is 10.3. The highest BCUT2D eigenvalue weighted by Gasteiger charge is 2.50. The van der Waals surface area contributed by atoms with Gasteiger partial charge in [0, 0.05) is 7.11 Å². The zero-order valence-corrected chi connectivity index (χ0v) is 13.8. The average Bonchev–Trinajstić information content (AvgIpc) is 2.59. The molecule has 0 spiro atoms. The molecule has 2 heterocycles. The van der Waals surface area contributed by atoms with Crippen molar-refractivity contribution in [1.29, 1.82) is 0 Å². The Morgan fingerprint density at radius 3 is 1.88 bits per heavy atom. The van der Waals surface area contributed by atoms with E-state index in [1.165, 1.54) is 7.11 Å². The molecule has 10 atom stereocenters. The highest BCUT2D eigenvalue weighted by atomic mass is 32.2. The number of thioether (sulfide) groups is 1. The van der Waals surface area contributed by atoms with E-state index < -0.39 is 72.9 Å². The molecule has 0 aromatic heterocycles. The van der Waals surface area contributed by atoms with Crippen molar-refractivity contribution >= 4 is 11.8 Å². The first-order valence-corrected chi connectivity index (χ1v) is 8.41. The van der Waals surface area contributed by atoms with Crippen LogP contribution in [0.2, 0.25) is 0 Å². The highest BCUT2D eigenvalue weighted by molar-refractivity contribution is 8.00. The smallest absolute Gasteiger partial charge is 0.172 e. The van der Waals surface area contributed by atoms with Crippen LogP contribution in [0.1, 0.15) is 0 Å². The van der Waals surface area contributed by atoms with Gasteiger partial charge in [0.15, 0.2) is 6.29 Å². The molecule has 142 valence electrons. The van der Waals surface area contributed by atoms with Crippen LogP contribution in [0.5, 0.6) is 0 Å². The third-order valence-electron chi connectivity index (χ3n) is 4.20. The molecular weight excluding hydrogens is 348 g/mol. The van der Waals surface area contributed by atoms with Crippen LogP contribution in [0.15, 0.2) is 0 Å². The van der Waals surface area contributed by atoms with Crippen LogP contribution < -0.4 is 0 Å². The standard InChI is InChI=1S/C13H24O10S/c1-21-12-11(9(19)7(17)4(2-14)22-12)24-13-10(20)8(18)6(16)5(3-15)23-13/h4-20H,2-3H2,1H3. The number of aliphatic hydroxyl groups is 7. The molecule has 0 amide bonds. The van der Waals surface area contributed by atoms with Gasteiger partial charge >= 0.3 is 0 Å². The number of aliphatic hydroxyl groups excluding tert-OH is 7. The Kier molecular flexibility index (Phi) is 7.22. The lowest BCUT2D eigenvalue weighted by molar-refractivity contribution is -0.245. The molecular formula is C13H24O10S. The van der Waals surface area contributed by atoms with E-state index in [0.717, 1.165) is 11.8 Å². The third-order valence-corrected chi connectivity index (χ3v) is 5.67. The molecule has 0 saturated carbocycles. The van der Waals surface area contributed by atoms with Crippen molar-refractivity contribution in [2.24, 2.45) is 0 Å². The summed E-state index contributed by atoms with van der Waals surface area (Å²) in [6.45, 7) is -1.09. The second kappa shape index (κ2) is 8.56. The van der Waals surface area contributed by atoms with Gasteiger partial charge in [-0.1, -0.05) is 0 Å². The molecule has 0 bridgehead atoms. The second-order valence-corrected chi connectivity index (χ2v) is 7.02. The van der Waals surface area contributed by atoms with Crippen LogP contribution in [0.3, 0.4) is 0 Å². The lowest BCUT2D eigenvalue weighted by Gasteiger charge is -2.45. The third kappa shape index (κ3) is 3.86. The Hall–Kier alpha value is -0.0500. The van der Waals surface area contributed by atoms with Crippen molar-refractivity contribution in [1.82, 2.24) is 0 Å². The maximum absolute atomic E-state index is 10.3. The minimum Gasteiger partial charge on any atom is -0.394 e. The molecule has 2 fully saturated rings. The van der Waals surface area contributed by atoms with Gasteiger partial charge < -0.3 is 50.0 Å². The summed E-state index contributed by atoms with van der Waals surface area (Å²) in [6, 6.07) is 0. The lowest BCUT2D eigenvalue weighted by Crippen LogP contribution is -2.61. The lowest BCUT2D eigenvalue weighted by atomic mass is 10.0. The van der Waals surface area contributed by atoms with E-state index in [9.17, 15) is 30.6 Å². The molecule has 11 heteroatoms. The first kappa shape index (κ1) is 20.3. The Morgan fingerprint density at radius 1 is 0.792 bits per heavy atom. The molecule has 24 heavy (non-hydrogen) atoms. The Bertz CT molecular complexity index is 397. The van der Waals surface area contributed by atoms with Crippen LogP contribution in [0, 0.1) is 0 Å². The fourth-order valence-electron chi connectivity index (χ4n) is 2.73. The zero-order valence-electron chi connectivity index (χ0n) is 13.0. The molecule has 0 aromatic carbocycles. The van der Waals surface area contributed by atoms with E-state index in [1.807, 2.05) is 0 Å². The van der Waals surface area contributed by atoms with Crippen molar-refractivity contribution in [3.05, 3.63) is 0 Å². The van der Waals surface area contributed by atoms with Gasteiger partial charge in [0.2, 0.25) is 0 Å². The molecule has 0 aliphatic carbocycles. The van der Waals surface area contributed by atoms with E-state index >= 15 is 0 Å². The van der Waals surface area contributed by atoms with E-state index in [2.05, 4.69) is 0 Å². The van der Waals surface area contributed by atoms with E-state index in [1.54, 1.807) is 0 Å². The molecule has 2 rings (SSSR count). The Morgan fingerprint density at radius 2 is 1.33 bits per heavy atom. The van der Waals surface area contributed by atoms with Gasteiger partial charge in [-0.05, 0) is 0 Å². The SMILES string of the molecule is COC1OC(CO)C(O)C(O)C1SC1OC(CO)C(O)C(O)C1O. The zero-order chi connectivity index (χ0) is 18.0. The number of methoxy groups -OCH3 is 1. The molecule has 7 N–H and O–H groups in total. The summed E-state index contributed by atoms with van der Waals surface area (Å²) in [6.07, 6.45) is -10.4. The fourth-order valence-corrected chi connectivity index (χ4v) is 4.19. The molecule has 2 saturated heterocycles. The van der Waals surface area contributed by atoms with E-state index in [4.69, 9.17) is 19.3 Å². The highest BCUT2D eigenvalue weighted by Crippen LogP contribution is 2.37. The van der Waals surface area contributed by atoms with Gasteiger partial charge in [-0.25, -0.2) is 0 Å². The Labute approximate surface area is 142 Å². The van der Waals surface area contributed by atoms with Gasteiger partial charge in [0.1, 0.15) is 42.1 Å². The predicted molar refractivity (Wildman–Crippen MR) is 79.9 cm³/mol.